The Kier molecular flexibility index (Phi) is 7.24. The molecule has 0 aromatic rings. The summed E-state index contributed by atoms with van der Waals surface area (Å²) >= 11 is 0. The number of hydrogen-bond acceptors (Lipinski definition) is 5. The van der Waals surface area contributed by atoms with Crippen LogP contribution in [0.5, 0.6) is 0 Å². The van der Waals surface area contributed by atoms with Gasteiger partial charge < -0.3 is 10.2 Å². The zero-order valence-electron chi connectivity index (χ0n) is 21.5. The van der Waals surface area contributed by atoms with Crippen molar-refractivity contribution in [1.82, 2.24) is 10.2 Å². The minimum atomic E-state index is -0.381. The lowest BCUT2D eigenvalue weighted by Gasteiger charge is -2.60. The van der Waals surface area contributed by atoms with Crippen LogP contribution in [0.2, 0.25) is 0 Å². The highest BCUT2D eigenvalue weighted by Gasteiger charge is 2.60. The molecule has 0 heterocycles. The molecule has 0 bridgehead atoms. The molecule has 6 heteroatoms. The third-order valence-electron chi connectivity index (χ3n) is 10.4. The second kappa shape index (κ2) is 9.67. The van der Waals surface area contributed by atoms with Gasteiger partial charge in [-0.15, -0.1) is 0 Å². The van der Waals surface area contributed by atoms with E-state index in [1.165, 1.54) is 32.1 Å². The van der Waals surface area contributed by atoms with Crippen molar-refractivity contribution in [1.29, 1.82) is 0 Å². The van der Waals surface area contributed by atoms with Crippen molar-refractivity contribution in [3.63, 3.8) is 0 Å². The summed E-state index contributed by atoms with van der Waals surface area (Å²) in [5.74, 6) is 3.75. The van der Waals surface area contributed by atoms with Gasteiger partial charge in [0, 0.05) is 38.9 Å². The molecule has 4 saturated carbocycles. The highest BCUT2D eigenvalue weighted by Crippen LogP contribution is 2.67. The highest BCUT2D eigenvalue weighted by atomic mass is 16.7. The number of ketones is 1. The third kappa shape index (κ3) is 4.49. The number of nitrogens with zero attached hydrogens (tertiary/aromatic N) is 2. The van der Waals surface area contributed by atoms with Gasteiger partial charge in [0.2, 0.25) is 0 Å². The molecule has 4 aliphatic carbocycles. The van der Waals surface area contributed by atoms with E-state index < -0.39 is 0 Å². The maximum atomic E-state index is 12.3. The van der Waals surface area contributed by atoms with E-state index in [2.05, 4.69) is 38.2 Å². The number of carbonyl (C=O) groups is 2. The van der Waals surface area contributed by atoms with Crippen LogP contribution in [0, 0.1) is 40.4 Å². The Morgan fingerprint density at radius 3 is 2.64 bits per heavy atom. The molecule has 0 aromatic heterocycles. The van der Waals surface area contributed by atoms with Crippen molar-refractivity contribution < 1.29 is 14.4 Å². The molecule has 4 fully saturated rings. The molecule has 33 heavy (non-hydrogen) atoms. The van der Waals surface area contributed by atoms with Crippen LogP contribution >= 0.6 is 0 Å². The van der Waals surface area contributed by atoms with E-state index in [4.69, 9.17) is 4.84 Å². The van der Waals surface area contributed by atoms with Crippen LogP contribution in [-0.4, -0.2) is 49.2 Å². The fraction of sp³-hybridized carbons (Fsp3) is 0.889. The van der Waals surface area contributed by atoms with Gasteiger partial charge in [0.05, 0.1) is 5.71 Å². The predicted molar refractivity (Wildman–Crippen MR) is 131 cm³/mol. The predicted octanol–water partition coefficient (Wildman–Crippen LogP) is 5.27. The molecule has 0 saturated heterocycles. The number of oxime groups is 1. The zero-order valence-corrected chi connectivity index (χ0v) is 21.5. The Morgan fingerprint density at radius 2 is 1.88 bits per heavy atom. The lowest BCUT2D eigenvalue weighted by atomic mass is 9.44. The van der Waals surface area contributed by atoms with Crippen molar-refractivity contribution in [3.05, 3.63) is 0 Å². The fourth-order valence-electron chi connectivity index (χ4n) is 8.49. The monoisotopic (exact) mass is 459 g/mol. The fourth-order valence-corrected chi connectivity index (χ4v) is 8.49. The van der Waals surface area contributed by atoms with Gasteiger partial charge in [0.1, 0.15) is 5.78 Å². The number of fused-ring (bicyclic) bond motifs is 5. The number of likely N-dealkylation sites (N-methyl/N-ethyl adjacent to an activating group) is 2. The normalized spacial score (nSPS) is 40.6. The summed E-state index contributed by atoms with van der Waals surface area (Å²) in [6.07, 6.45) is 9.75. The Balaban J connectivity index is 1.42. The van der Waals surface area contributed by atoms with Crippen LogP contribution in [-0.2, 0) is 9.63 Å². The molecule has 0 unspecified atom stereocenters. The van der Waals surface area contributed by atoms with Gasteiger partial charge in [-0.2, -0.15) is 0 Å². The van der Waals surface area contributed by atoms with E-state index in [0.717, 1.165) is 62.2 Å². The minimum Gasteiger partial charge on any atom is -0.315 e. The summed E-state index contributed by atoms with van der Waals surface area (Å²) < 4.78 is 0. The second-order valence-electron chi connectivity index (χ2n) is 11.9. The van der Waals surface area contributed by atoms with Crippen molar-refractivity contribution in [2.75, 3.05) is 26.7 Å². The number of amides is 1. The van der Waals surface area contributed by atoms with Gasteiger partial charge in [0.15, 0.2) is 0 Å². The number of carbonyl (C=O) groups excluding carboxylic acids is 2. The lowest BCUT2D eigenvalue weighted by Crippen LogP contribution is -2.53. The van der Waals surface area contributed by atoms with Crippen LogP contribution < -0.4 is 5.32 Å². The molecule has 1 N–H and O–H groups in total. The van der Waals surface area contributed by atoms with Crippen LogP contribution in [0.25, 0.3) is 0 Å². The van der Waals surface area contributed by atoms with Gasteiger partial charge >= 0.3 is 6.09 Å². The Bertz CT molecular complexity index is 783. The average Bonchev–Trinajstić information content (AvgIpc) is 3.15. The van der Waals surface area contributed by atoms with Gasteiger partial charge in [-0.1, -0.05) is 25.9 Å². The van der Waals surface area contributed by atoms with E-state index in [1.807, 2.05) is 0 Å². The molecule has 4 aliphatic rings. The number of Topliss-reactive ketones (excluding diaryl/α,β-unsaturated/α-hetero) is 1. The smallest absolute Gasteiger partial charge is 0.315 e. The maximum Gasteiger partial charge on any atom is 0.435 e. The van der Waals surface area contributed by atoms with Gasteiger partial charge in [-0.25, -0.2) is 4.79 Å². The van der Waals surface area contributed by atoms with Crippen molar-refractivity contribution >= 4 is 17.6 Å². The standard InChI is InChI=1S/C27H45N3O3/c1-6-28-15-16-30(5)25(32)33-29-18(2)22-9-10-23-21-8-7-19-17-20(31)11-13-26(19,3)24(21)12-14-27(22,23)4/h19,21-24,28H,6-17H2,1-5H3/b29-18+/t19-,21+,22-,23+,24+,26+,27-/m1/s1. The first kappa shape index (κ1) is 24.7. The average molecular weight is 460 g/mol. The summed E-state index contributed by atoms with van der Waals surface area (Å²) in [4.78, 5) is 31.4. The number of nitrogens with one attached hydrogen (secondary N) is 1. The molecule has 186 valence electrons. The van der Waals surface area contributed by atoms with Gasteiger partial charge in [0.25, 0.3) is 0 Å². The highest BCUT2D eigenvalue weighted by molar-refractivity contribution is 5.85. The topological polar surface area (TPSA) is 71.0 Å². The molecule has 0 spiro atoms. The van der Waals surface area contributed by atoms with Crippen molar-refractivity contribution in [2.45, 2.75) is 85.5 Å². The maximum absolute atomic E-state index is 12.3. The zero-order chi connectivity index (χ0) is 23.8. The third-order valence-corrected chi connectivity index (χ3v) is 10.4. The lowest BCUT2D eigenvalue weighted by molar-refractivity contribution is -0.138. The molecule has 7 atom stereocenters. The first-order chi connectivity index (χ1) is 15.7. The van der Waals surface area contributed by atoms with Crippen LogP contribution in [0.15, 0.2) is 5.16 Å². The Morgan fingerprint density at radius 1 is 1.12 bits per heavy atom. The molecule has 4 rings (SSSR count). The Labute approximate surface area is 200 Å². The molecule has 1 amide bonds. The largest absolute Gasteiger partial charge is 0.435 e. The quantitative estimate of drug-likeness (QED) is 0.254. The summed E-state index contributed by atoms with van der Waals surface area (Å²) in [5.41, 5.74) is 1.58. The van der Waals surface area contributed by atoms with E-state index in [9.17, 15) is 9.59 Å². The molecular weight excluding hydrogens is 414 g/mol. The molecule has 6 nitrogen and oxygen atoms in total. The summed E-state index contributed by atoms with van der Waals surface area (Å²) in [6, 6.07) is 0. The van der Waals surface area contributed by atoms with Crippen LogP contribution in [0.1, 0.15) is 85.5 Å². The van der Waals surface area contributed by atoms with Gasteiger partial charge in [-0.3, -0.25) is 9.63 Å². The van der Waals surface area contributed by atoms with Crippen LogP contribution in [0.3, 0.4) is 0 Å². The van der Waals surface area contributed by atoms with Gasteiger partial charge in [-0.05, 0) is 92.9 Å². The number of rotatable bonds is 6. The van der Waals surface area contributed by atoms with Crippen molar-refractivity contribution in [2.24, 2.45) is 45.6 Å². The van der Waals surface area contributed by atoms with E-state index >= 15 is 0 Å². The molecule has 0 radical (unpaired) electrons. The summed E-state index contributed by atoms with van der Waals surface area (Å²) in [7, 11) is 1.76. The molecular formula is C27H45N3O3. The van der Waals surface area contributed by atoms with E-state index in [1.54, 1.807) is 11.9 Å². The van der Waals surface area contributed by atoms with E-state index in [-0.39, 0.29) is 11.5 Å². The first-order valence-electron chi connectivity index (χ1n) is 13.4. The molecule has 0 aliphatic heterocycles. The Hall–Kier alpha value is -1.43. The summed E-state index contributed by atoms with van der Waals surface area (Å²) in [5, 5.41) is 7.57. The van der Waals surface area contributed by atoms with Crippen molar-refractivity contribution in [3.8, 4) is 0 Å². The SMILES string of the molecule is CCNCCN(C)C(=O)O/N=C(\C)[C@H]1CC[C@H]2[C@@H]3CC[C@@H]4CC(=O)CC[C@]4(C)[C@H]3CC[C@]12C. The number of hydrogen-bond donors (Lipinski definition) is 1. The minimum absolute atomic E-state index is 0.242. The summed E-state index contributed by atoms with van der Waals surface area (Å²) in [6.45, 7) is 11.4. The van der Waals surface area contributed by atoms with E-state index in [0.29, 0.717) is 29.6 Å². The van der Waals surface area contributed by atoms with Crippen LogP contribution in [0.4, 0.5) is 4.79 Å². The second-order valence-corrected chi connectivity index (χ2v) is 11.9. The first-order valence-corrected chi connectivity index (χ1v) is 13.4. The molecule has 0 aromatic carbocycles.